The van der Waals surface area contributed by atoms with Crippen LogP contribution in [0.4, 0.5) is 0 Å². The molecule has 1 aromatic heterocycles. The molecule has 0 saturated carbocycles. The third kappa shape index (κ3) is 4.29. The van der Waals surface area contributed by atoms with Crippen LogP contribution in [0.2, 0.25) is 0 Å². The zero-order valence-corrected chi connectivity index (χ0v) is 12.7. The number of nitrogens with zero attached hydrogens (tertiary/aromatic N) is 2. The van der Waals surface area contributed by atoms with Gasteiger partial charge in [0.05, 0.1) is 0 Å². The van der Waals surface area contributed by atoms with Crippen LogP contribution in [0.1, 0.15) is 38.9 Å². The number of sulfonamides is 1. The minimum absolute atomic E-state index is 0.0769. The fourth-order valence-electron chi connectivity index (χ4n) is 1.93. The molecule has 0 aliphatic carbocycles. The predicted octanol–water partition coefficient (Wildman–Crippen LogP) is 1.01. The van der Waals surface area contributed by atoms with E-state index in [0.717, 1.165) is 25.8 Å². The van der Waals surface area contributed by atoms with Crippen LogP contribution in [0.15, 0.2) is 11.2 Å². The summed E-state index contributed by atoms with van der Waals surface area (Å²) in [7, 11) is -3.58. The first-order chi connectivity index (χ1) is 8.94. The van der Waals surface area contributed by atoms with E-state index >= 15 is 0 Å². The van der Waals surface area contributed by atoms with Gasteiger partial charge in [-0.05, 0) is 19.8 Å². The highest BCUT2D eigenvalue weighted by Crippen LogP contribution is 2.11. The van der Waals surface area contributed by atoms with Gasteiger partial charge < -0.3 is 10.3 Å². The minimum atomic E-state index is -3.58. The van der Waals surface area contributed by atoms with Crippen molar-refractivity contribution < 1.29 is 8.42 Å². The molecule has 0 aliphatic rings. The molecule has 1 rings (SSSR count). The number of rotatable bonds is 8. The van der Waals surface area contributed by atoms with Crippen molar-refractivity contribution in [2.75, 3.05) is 6.54 Å². The van der Waals surface area contributed by atoms with Crippen LogP contribution < -0.4 is 10.5 Å². The summed E-state index contributed by atoms with van der Waals surface area (Å²) in [6, 6.07) is -0.230. The average molecular weight is 288 g/mol. The van der Waals surface area contributed by atoms with E-state index in [4.69, 9.17) is 5.73 Å². The first-order valence-corrected chi connectivity index (χ1v) is 8.19. The monoisotopic (exact) mass is 288 g/mol. The van der Waals surface area contributed by atoms with E-state index in [0.29, 0.717) is 12.4 Å². The van der Waals surface area contributed by atoms with E-state index in [2.05, 4.69) is 9.71 Å². The van der Waals surface area contributed by atoms with E-state index in [1.54, 1.807) is 13.1 Å². The molecule has 1 aromatic rings. The molecular weight excluding hydrogens is 264 g/mol. The van der Waals surface area contributed by atoms with Gasteiger partial charge in [-0.3, -0.25) is 0 Å². The molecule has 7 heteroatoms. The number of nitrogens with one attached hydrogen (secondary N) is 1. The fourth-order valence-corrected chi connectivity index (χ4v) is 3.22. The molecule has 0 amide bonds. The Morgan fingerprint density at radius 1 is 1.42 bits per heavy atom. The topological polar surface area (TPSA) is 90.0 Å². The molecule has 110 valence electrons. The SMILES string of the molecule is CCCC(CN)NS(=O)(=O)c1cn(CCC)c(C)n1. The summed E-state index contributed by atoms with van der Waals surface area (Å²) in [5, 5.41) is 0.0769. The number of hydrogen-bond acceptors (Lipinski definition) is 4. The predicted molar refractivity (Wildman–Crippen MR) is 75.3 cm³/mol. The summed E-state index contributed by atoms with van der Waals surface area (Å²) in [6.07, 6.45) is 4.13. The second kappa shape index (κ2) is 7.02. The van der Waals surface area contributed by atoms with Crippen LogP contribution in [0.25, 0.3) is 0 Å². The Kier molecular flexibility index (Phi) is 5.96. The Hall–Kier alpha value is -0.920. The Labute approximate surface area is 115 Å². The van der Waals surface area contributed by atoms with E-state index in [-0.39, 0.29) is 11.1 Å². The van der Waals surface area contributed by atoms with Gasteiger partial charge >= 0.3 is 0 Å². The van der Waals surface area contributed by atoms with Crippen molar-refractivity contribution >= 4 is 10.0 Å². The second-order valence-electron chi connectivity index (χ2n) is 4.66. The fraction of sp³-hybridized carbons (Fsp3) is 0.750. The molecule has 1 heterocycles. The molecule has 0 aliphatic heterocycles. The van der Waals surface area contributed by atoms with Crippen molar-refractivity contribution in [3.63, 3.8) is 0 Å². The summed E-state index contributed by atoms with van der Waals surface area (Å²) in [4.78, 5) is 4.12. The highest BCUT2D eigenvalue weighted by Gasteiger charge is 2.22. The van der Waals surface area contributed by atoms with Crippen LogP contribution in [-0.4, -0.2) is 30.6 Å². The Bertz CT molecular complexity index is 496. The average Bonchev–Trinajstić information content (AvgIpc) is 2.72. The van der Waals surface area contributed by atoms with Crippen LogP contribution in [-0.2, 0) is 16.6 Å². The van der Waals surface area contributed by atoms with Gasteiger partial charge in [0, 0.05) is 25.3 Å². The van der Waals surface area contributed by atoms with Crippen LogP contribution in [0.3, 0.4) is 0 Å². The minimum Gasteiger partial charge on any atom is -0.334 e. The van der Waals surface area contributed by atoms with Gasteiger partial charge in [0.25, 0.3) is 10.0 Å². The molecule has 6 nitrogen and oxygen atoms in total. The molecule has 0 spiro atoms. The lowest BCUT2D eigenvalue weighted by Gasteiger charge is -2.14. The number of aromatic nitrogens is 2. The Morgan fingerprint density at radius 2 is 2.11 bits per heavy atom. The van der Waals surface area contributed by atoms with Crippen molar-refractivity contribution in [2.45, 2.75) is 57.6 Å². The van der Waals surface area contributed by atoms with Crippen molar-refractivity contribution in [3.8, 4) is 0 Å². The molecule has 0 bridgehead atoms. The maximum absolute atomic E-state index is 12.2. The standard InChI is InChI=1S/C12H24N4O2S/c1-4-6-11(8-13)15-19(17,18)12-9-16(7-5-2)10(3)14-12/h9,11,15H,4-8,13H2,1-3H3. The maximum atomic E-state index is 12.2. The Balaban J connectivity index is 2.90. The smallest absolute Gasteiger partial charge is 0.259 e. The molecule has 19 heavy (non-hydrogen) atoms. The van der Waals surface area contributed by atoms with Gasteiger partial charge in [0.1, 0.15) is 5.82 Å². The highest BCUT2D eigenvalue weighted by atomic mass is 32.2. The van der Waals surface area contributed by atoms with Gasteiger partial charge in [0.15, 0.2) is 5.03 Å². The van der Waals surface area contributed by atoms with E-state index < -0.39 is 10.0 Å². The van der Waals surface area contributed by atoms with Crippen LogP contribution >= 0.6 is 0 Å². The van der Waals surface area contributed by atoms with Crippen LogP contribution in [0.5, 0.6) is 0 Å². The molecule has 3 N–H and O–H groups in total. The first kappa shape index (κ1) is 16.1. The lowest BCUT2D eigenvalue weighted by atomic mass is 10.2. The third-order valence-electron chi connectivity index (χ3n) is 2.94. The summed E-state index contributed by atoms with van der Waals surface area (Å²) in [6.45, 7) is 6.90. The van der Waals surface area contributed by atoms with Crippen molar-refractivity contribution in [1.29, 1.82) is 0 Å². The lowest BCUT2D eigenvalue weighted by Crippen LogP contribution is -2.40. The molecule has 0 fully saturated rings. The van der Waals surface area contributed by atoms with E-state index in [9.17, 15) is 8.42 Å². The molecular formula is C12H24N4O2S. The van der Waals surface area contributed by atoms with Crippen LogP contribution in [0, 0.1) is 6.92 Å². The van der Waals surface area contributed by atoms with Gasteiger partial charge in [-0.2, -0.15) is 0 Å². The highest BCUT2D eigenvalue weighted by molar-refractivity contribution is 7.89. The molecule has 1 atom stereocenters. The summed E-state index contributed by atoms with van der Waals surface area (Å²) < 4.78 is 28.9. The van der Waals surface area contributed by atoms with Gasteiger partial charge in [0.2, 0.25) is 0 Å². The molecule has 0 radical (unpaired) electrons. The van der Waals surface area contributed by atoms with Crippen molar-refractivity contribution in [1.82, 2.24) is 14.3 Å². The van der Waals surface area contributed by atoms with E-state index in [1.165, 1.54) is 0 Å². The zero-order chi connectivity index (χ0) is 14.5. The third-order valence-corrected chi connectivity index (χ3v) is 4.33. The quantitative estimate of drug-likeness (QED) is 0.747. The summed E-state index contributed by atoms with van der Waals surface area (Å²) in [5.74, 6) is 0.710. The summed E-state index contributed by atoms with van der Waals surface area (Å²) >= 11 is 0. The number of nitrogens with two attached hydrogens (primary N) is 1. The van der Waals surface area contributed by atoms with Gasteiger partial charge in [-0.1, -0.05) is 20.3 Å². The Morgan fingerprint density at radius 3 is 2.63 bits per heavy atom. The van der Waals surface area contributed by atoms with Crippen molar-refractivity contribution in [3.05, 3.63) is 12.0 Å². The lowest BCUT2D eigenvalue weighted by molar-refractivity contribution is 0.525. The first-order valence-electron chi connectivity index (χ1n) is 6.70. The number of imidazole rings is 1. The van der Waals surface area contributed by atoms with Gasteiger partial charge in [-0.15, -0.1) is 0 Å². The second-order valence-corrected chi connectivity index (χ2v) is 6.32. The van der Waals surface area contributed by atoms with E-state index in [1.807, 2.05) is 18.4 Å². The normalized spacial score (nSPS) is 13.7. The summed E-state index contributed by atoms with van der Waals surface area (Å²) in [5.41, 5.74) is 5.57. The zero-order valence-electron chi connectivity index (χ0n) is 11.9. The van der Waals surface area contributed by atoms with Crippen molar-refractivity contribution in [2.24, 2.45) is 5.73 Å². The molecule has 0 saturated heterocycles. The maximum Gasteiger partial charge on any atom is 0.259 e. The van der Waals surface area contributed by atoms with Gasteiger partial charge in [-0.25, -0.2) is 18.1 Å². The number of aryl methyl sites for hydroxylation is 2. The number of hydrogen-bond donors (Lipinski definition) is 2. The molecule has 0 aromatic carbocycles. The largest absolute Gasteiger partial charge is 0.334 e. The molecule has 1 unspecified atom stereocenters.